The van der Waals surface area contributed by atoms with Crippen LogP contribution in [0.4, 0.5) is 0 Å². The van der Waals surface area contributed by atoms with E-state index in [9.17, 15) is 5.11 Å². The predicted molar refractivity (Wildman–Crippen MR) is 67.5 cm³/mol. The number of nitrogens with one attached hydrogen (secondary N) is 1. The molecule has 1 aromatic rings. The van der Waals surface area contributed by atoms with E-state index >= 15 is 0 Å². The number of nitrogens with zero attached hydrogens (tertiary/aromatic N) is 3. The Morgan fingerprint density at radius 3 is 2.47 bits per heavy atom. The van der Waals surface area contributed by atoms with Gasteiger partial charge in [0, 0.05) is 13.6 Å². The lowest BCUT2D eigenvalue weighted by Crippen LogP contribution is -2.30. The first-order valence-corrected chi connectivity index (χ1v) is 6.03. The average Bonchev–Trinajstić information content (AvgIpc) is 2.46. The van der Waals surface area contributed by atoms with Crippen molar-refractivity contribution in [2.24, 2.45) is 12.5 Å². The van der Waals surface area contributed by atoms with Crippen LogP contribution in [0.1, 0.15) is 38.8 Å². The van der Waals surface area contributed by atoms with Crippen molar-refractivity contribution in [3.63, 3.8) is 0 Å². The van der Waals surface area contributed by atoms with E-state index in [1.807, 2.05) is 18.5 Å². The molecule has 0 fully saturated rings. The molecule has 0 spiro atoms. The lowest BCUT2D eigenvalue weighted by molar-refractivity contribution is 0.119. The van der Waals surface area contributed by atoms with Crippen molar-refractivity contribution < 1.29 is 5.11 Å². The monoisotopic (exact) mass is 240 g/mol. The highest BCUT2D eigenvalue weighted by Gasteiger charge is 2.16. The molecule has 0 saturated carbocycles. The van der Waals surface area contributed by atoms with E-state index in [2.05, 4.69) is 36.3 Å². The van der Waals surface area contributed by atoms with Crippen molar-refractivity contribution in [2.45, 2.75) is 46.8 Å². The molecule has 1 aromatic heterocycles. The molecule has 1 rings (SSSR count). The maximum atomic E-state index is 9.83. The molecule has 0 amide bonds. The Bertz CT molecular complexity index is 354. The largest absolute Gasteiger partial charge is 0.392 e. The topological polar surface area (TPSA) is 63.0 Å². The summed E-state index contributed by atoms with van der Waals surface area (Å²) >= 11 is 0. The molecule has 1 atom stereocenters. The van der Waals surface area contributed by atoms with Crippen LogP contribution in [-0.2, 0) is 13.6 Å². The second-order valence-corrected chi connectivity index (χ2v) is 5.77. The van der Waals surface area contributed by atoms with Crippen LogP contribution in [0.15, 0.2) is 0 Å². The van der Waals surface area contributed by atoms with Crippen molar-refractivity contribution in [3.05, 3.63) is 11.6 Å². The SMILES string of the molecule is Cc1nnc(CNCC(O)CC(C)(C)C)n1C. The van der Waals surface area contributed by atoms with Crippen LogP contribution in [0.2, 0.25) is 0 Å². The molecular weight excluding hydrogens is 216 g/mol. The van der Waals surface area contributed by atoms with Crippen LogP contribution >= 0.6 is 0 Å². The molecule has 1 unspecified atom stereocenters. The second-order valence-electron chi connectivity index (χ2n) is 5.77. The van der Waals surface area contributed by atoms with Crippen LogP contribution < -0.4 is 5.32 Å². The maximum Gasteiger partial charge on any atom is 0.146 e. The first-order valence-electron chi connectivity index (χ1n) is 6.03. The Balaban J connectivity index is 2.31. The Labute approximate surface area is 103 Å². The van der Waals surface area contributed by atoms with Gasteiger partial charge in [0.15, 0.2) is 0 Å². The summed E-state index contributed by atoms with van der Waals surface area (Å²) in [5, 5.41) is 21.1. The number of aliphatic hydroxyl groups excluding tert-OH is 1. The molecule has 5 heteroatoms. The third-order valence-electron chi connectivity index (χ3n) is 2.69. The number of hydrogen-bond acceptors (Lipinski definition) is 4. The standard InChI is InChI=1S/C12H24N4O/c1-9-14-15-11(16(9)5)8-13-7-10(17)6-12(2,3)4/h10,13,17H,6-8H2,1-5H3. The fourth-order valence-corrected chi connectivity index (χ4v) is 1.73. The Morgan fingerprint density at radius 2 is 2.00 bits per heavy atom. The zero-order valence-corrected chi connectivity index (χ0v) is 11.5. The van der Waals surface area contributed by atoms with E-state index in [1.165, 1.54) is 0 Å². The number of aromatic nitrogens is 3. The maximum absolute atomic E-state index is 9.83. The average molecular weight is 240 g/mol. The Hall–Kier alpha value is -0.940. The molecule has 0 aliphatic carbocycles. The molecule has 0 bridgehead atoms. The van der Waals surface area contributed by atoms with E-state index in [0.717, 1.165) is 18.1 Å². The van der Waals surface area contributed by atoms with Gasteiger partial charge in [-0.1, -0.05) is 20.8 Å². The van der Waals surface area contributed by atoms with Crippen molar-refractivity contribution in [2.75, 3.05) is 6.54 Å². The van der Waals surface area contributed by atoms with Gasteiger partial charge in [-0.3, -0.25) is 0 Å². The van der Waals surface area contributed by atoms with Gasteiger partial charge in [-0.2, -0.15) is 0 Å². The van der Waals surface area contributed by atoms with Gasteiger partial charge in [-0.25, -0.2) is 0 Å². The van der Waals surface area contributed by atoms with E-state index in [1.54, 1.807) is 0 Å². The summed E-state index contributed by atoms with van der Waals surface area (Å²) in [6.07, 6.45) is 0.474. The molecule has 2 N–H and O–H groups in total. The molecule has 0 aromatic carbocycles. The summed E-state index contributed by atoms with van der Waals surface area (Å²) in [5.74, 6) is 1.79. The van der Waals surface area contributed by atoms with Gasteiger partial charge in [0.25, 0.3) is 0 Å². The van der Waals surface area contributed by atoms with Gasteiger partial charge in [0.1, 0.15) is 11.6 Å². The first-order chi connectivity index (χ1) is 7.79. The van der Waals surface area contributed by atoms with Crippen molar-refractivity contribution >= 4 is 0 Å². The van der Waals surface area contributed by atoms with Crippen molar-refractivity contribution in [1.82, 2.24) is 20.1 Å². The number of hydrogen-bond donors (Lipinski definition) is 2. The minimum absolute atomic E-state index is 0.155. The normalized spacial score (nSPS) is 14.0. The molecule has 0 aliphatic rings. The number of rotatable bonds is 5. The summed E-state index contributed by atoms with van der Waals surface area (Å²) in [6.45, 7) is 9.53. The van der Waals surface area contributed by atoms with Gasteiger partial charge in [-0.15, -0.1) is 10.2 Å². The molecular formula is C12H24N4O. The third-order valence-corrected chi connectivity index (χ3v) is 2.69. The highest BCUT2D eigenvalue weighted by Crippen LogP contribution is 2.20. The minimum Gasteiger partial charge on any atom is -0.392 e. The van der Waals surface area contributed by atoms with Gasteiger partial charge in [-0.05, 0) is 18.8 Å². The lowest BCUT2D eigenvalue weighted by Gasteiger charge is -2.22. The third kappa shape index (κ3) is 4.83. The lowest BCUT2D eigenvalue weighted by atomic mass is 9.89. The Morgan fingerprint density at radius 1 is 1.35 bits per heavy atom. The predicted octanol–water partition coefficient (Wildman–Crippen LogP) is 1.01. The van der Waals surface area contributed by atoms with Gasteiger partial charge >= 0.3 is 0 Å². The second kappa shape index (κ2) is 5.60. The Kier molecular flexibility index (Phi) is 4.65. The van der Waals surface area contributed by atoms with Crippen LogP contribution in [0, 0.1) is 12.3 Å². The van der Waals surface area contributed by atoms with Gasteiger partial charge < -0.3 is 15.0 Å². The highest BCUT2D eigenvalue weighted by atomic mass is 16.3. The quantitative estimate of drug-likeness (QED) is 0.806. The molecule has 1 heterocycles. The smallest absolute Gasteiger partial charge is 0.146 e. The minimum atomic E-state index is -0.315. The van der Waals surface area contributed by atoms with E-state index in [4.69, 9.17) is 0 Å². The van der Waals surface area contributed by atoms with Crippen molar-refractivity contribution in [3.8, 4) is 0 Å². The zero-order valence-electron chi connectivity index (χ0n) is 11.5. The summed E-state index contributed by atoms with van der Waals surface area (Å²) in [7, 11) is 1.94. The van der Waals surface area contributed by atoms with E-state index in [0.29, 0.717) is 13.1 Å². The summed E-state index contributed by atoms with van der Waals surface area (Å²) in [6, 6.07) is 0. The van der Waals surface area contributed by atoms with Gasteiger partial charge in [0.2, 0.25) is 0 Å². The summed E-state index contributed by atoms with van der Waals surface area (Å²) in [5.41, 5.74) is 0.155. The van der Waals surface area contributed by atoms with Crippen LogP contribution in [0.3, 0.4) is 0 Å². The first kappa shape index (κ1) is 14.1. The fourth-order valence-electron chi connectivity index (χ4n) is 1.73. The van der Waals surface area contributed by atoms with Crippen molar-refractivity contribution in [1.29, 1.82) is 0 Å². The zero-order chi connectivity index (χ0) is 13.1. The molecule has 0 radical (unpaired) electrons. The van der Waals surface area contributed by atoms with Crippen LogP contribution in [0.5, 0.6) is 0 Å². The van der Waals surface area contributed by atoms with Gasteiger partial charge in [0.05, 0.1) is 12.6 Å². The highest BCUT2D eigenvalue weighted by molar-refractivity contribution is 4.91. The molecule has 0 saturated heterocycles. The number of aliphatic hydroxyl groups is 1. The summed E-state index contributed by atoms with van der Waals surface area (Å²) in [4.78, 5) is 0. The molecule has 0 aliphatic heterocycles. The van der Waals surface area contributed by atoms with E-state index < -0.39 is 0 Å². The van der Waals surface area contributed by atoms with E-state index in [-0.39, 0.29) is 11.5 Å². The van der Waals surface area contributed by atoms with Crippen LogP contribution in [0.25, 0.3) is 0 Å². The molecule has 17 heavy (non-hydrogen) atoms. The molecule has 98 valence electrons. The molecule has 5 nitrogen and oxygen atoms in total. The van der Waals surface area contributed by atoms with Crippen LogP contribution in [-0.4, -0.2) is 32.5 Å². The summed E-state index contributed by atoms with van der Waals surface area (Å²) < 4.78 is 1.95. The number of aryl methyl sites for hydroxylation is 1. The fraction of sp³-hybridized carbons (Fsp3) is 0.833.